The molecule has 0 saturated carbocycles. The van der Waals surface area contributed by atoms with Gasteiger partial charge in [0.2, 0.25) is 15.9 Å². The average molecular weight is 423 g/mol. The molecular formula is C19H25N3O6S. The van der Waals surface area contributed by atoms with Crippen molar-refractivity contribution in [1.82, 2.24) is 9.46 Å². The summed E-state index contributed by atoms with van der Waals surface area (Å²) in [5.74, 6) is 0.558. The molecule has 158 valence electrons. The average Bonchev–Trinajstić information content (AvgIpc) is 3.06. The highest BCUT2D eigenvalue weighted by Crippen LogP contribution is 2.31. The van der Waals surface area contributed by atoms with Crippen LogP contribution in [0.5, 0.6) is 11.5 Å². The number of hydrogen-bond donors (Lipinski definition) is 1. The Morgan fingerprint density at radius 3 is 2.66 bits per heavy atom. The minimum absolute atomic E-state index is 0.0769. The Kier molecular flexibility index (Phi) is 6.13. The fourth-order valence-corrected chi connectivity index (χ4v) is 5.31. The summed E-state index contributed by atoms with van der Waals surface area (Å²) in [6.45, 7) is 3.59. The maximum absolute atomic E-state index is 13.1. The van der Waals surface area contributed by atoms with Crippen LogP contribution in [0.15, 0.2) is 27.6 Å². The molecule has 1 saturated heterocycles. The van der Waals surface area contributed by atoms with Crippen LogP contribution in [-0.4, -0.2) is 51.1 Å². The van der Waals surface area contributed by atoms with Gasteiger partial charge in [0.05, 0.1) is 25.8 Å². The van der Waals surface area contributed by atoms with Crippen molar-refractivity contribution in [2.24, 2.45) is 5.92 Å². The zero-order valence-corrected chi connectivity index (χ0v) is 17.7. The van der Waals surface area contributed by atoms with Gasteiger partial charge in [-0.3, -0.25) is 4.79 Å². The van der Waals surface area contributed by atoms with Gasteiger partial charge in [-0.15, -0.1) is 0 Å². The molecule has 1 aromatic carbocycles. The van der Waals surface area contributed by atoms with Crippen LogP contribution >= 0.6 is 0 Å². The first-order valence-corrected chi connectivity index (χ1v) is 10.7. The van der Waals surface area contributed by atoms with E-state index in [2.05, 4.69) is 10.5 Å². The molecule has 1 fully saturated rings. The Bertz CT molecular complexity index is 982. The normalized spacial score (nSPS) is 17.7. The van der Waals surface area contributed by atoms with Crippen molar-refractivity contribution < 1.29 is 27.2 Å². The van der Waals surface area contributed by atoms with E-state index < -0.39 is 15.9 Å². The maximum Gasteiger partial charge on any atom is 0.248 e. The molecule has 3 rings (SSSR count). The predicted molar refractivity (Wildman–Crippen MR) is 106 cm³/mol. The van der Waals surface area contributed by atoms with Gasteiger partial charge in [0.1, 0.15) is 22.1 Å². The summed E-state index contributed by atoms with van der Waals surface area (Å²) in [5.41, 5.74) is 0.790. The molecule has 1 aromatic heterocycles. The molecule has 0 spiro atoms. The largest absolute Gasteiger partial charge is 0.497 e. The van der Waals surface area contributed by atoms with Crippen LogP contribution < -0.4 is 14.8 Å². The van der Waals surface area contributed by atoms with Crippen LogP contribution in [0.4, 0.5) is 5.69 Å². The fraction of sp³-hybridized carbons (Fsp3) is 0.474. The summed E-state index contributed by atoms with van der Waals surface area (Å²) in [6.07, 6.45) is 1.17. The second-order valence-corrected chi connectivity index (χ2v) is 8.79. The number of nitrogens with one attached hydrogen (secondary N) is 1. The molecule has 0 bridgehead atoms. The number of amides is 1. The van der Waals surface area contributed by atoms with Crippen molar-refractivity contribution in [2.45, 2.75) is 31.6 Å². The second kappa shape index (κ2) is 8.42. The number of hydrogen-bond acceptors (Lipinski definition) is 7. The molecule has 1 amide bonds. The minimum atomic E-state index is -3.79. The Hall–Kier alpha value is -2.59. The highest BCUT2D eigenvalue weighted by molar-refractivity contribution is 7.89. The third-order valence-corrected chi connectivity index (χ3v) is 7.10. The van der Waals surface area contributed by atoms with Crippen molar-refractivity contribution in [3.05, 3.63) is 29.7 Å². The molecule has 1 aliphatic rings. The van der Waals surface area contributed by atoms with E-state index in [-0.39, 0.29) is 23.1 Å². The number of piperidine rings is 1. The second-order valence-electron chi connectivity index (χ2n) is 6.91. The van der Waals surface area contributed by atoms with Crippen LogP contribution in [-0.2, 0) is 14.8 Å². The van der Waals surface area contributed by atoms with E-state index in [4.69, 9.17) is 14.0 Å². The molecule has 29 heavy (non-hydrogen) atoms. The maximum atomic E-state index is 13.1. The van der Waals surface area contributed by atoms with Crippen LogP contribution in [0.1, 0.15) is 24.3 Å². The highest BCUT2D eigenvalue weighted by atomic mass is 32.2. The lowest BCUT2D eigenvalue weighted by Crippen LogP contribution is -2.43. The minimum Gasteiger partial charge on any atom is -0.497 e. The van der Waals surface area contributed by atoms with Gasteiger partial charge < -0.3 is 19.3 Å². The Morgan fingerprint density at radius 1 is 1.28 bits per heavy atom. The molecule has 1 N–H and O–H groups in total. The van der Waals surface area contributed by atoms with Gasteiger partial charge in [-0.2, -0.15) is 4.31 Å². The number of nitrogens with zero attached hydrogens (tertiary/aromatic N) is 2. The van der Waals surface area contributed by atoms with Gasteiger partial charge in [0.25, 0.3) is 0 Å². The molecule has 0 aliphatic carbocycles. The van der Waals surface area contributed by atoms with Crippen molar-refractivity contribution in [3.63, 3.8) is 0 Å². The van der Waals surface area contributed by atoms with Gasteiger partial charge in [-0.25, -0.2) is 8.42 Å². The van der Waals surface area contributed by atoms with Gasteiger partial charge in [0, 0.05) is 19.2 Å². The van der Waals surface area contributed by atoms with Crippen molar-refractivity contribution in [2.75, 3.05) is 32.6 Å². The number of ether oxygens (including phenoxy) is 2. The smallest absolute Gasteiger partial charge is 0.248 e. The number of rotatable bonds is 6. The van der Waals surface area contributed by atoms with Gasteiger partial charge in [0.15, 0.2) is 5.76 Å². The van der Waals surface area contributed by atoms with Crippen LogP contribution in [0, 0.1) is 19.8 Å². The molecule has 0 radical (unpaired) electrons. The van der Waals surface area contributed by atoms with Crippen LogP contribution in [0.3, 0.4) is 0 Å². The monoisotopic (exact) mass is 423 g/mol. The quantitative estimate of drug-likeness (QED) is 0.759. The van der Waals surface area contributed by atoms with Crippen molar-refractivity contribution in [1.29, 1.82) is 0 Å². The van der Waals surface area contributed by atoms with Crippen molar-refractivity contribution in [3.8, 4) is 11.5 Å². The number of aromatic nitrogens is 1. The Labute approximate surface area is 170 Å². The van der Waals surface area contributed by atoms with Gasteiger partial charge >= 0.3 is 0 Å². The van der Waals surface area contributed by atoms with E-state index in [9.17, 15) is 13.2 Å². The lowest BCUT2D eigenvalue weighted by Gasteiger charge is -2.31. The summed E-state index contributed by atoms with van der Waals surface area (Å²) in [7, 11) is -0.747. The molecule has 2 heterocycles. The summed E-state index contributed by atoms with van der Waals surface area (Å²) in [6, 6.07) is 5.09. The first kappa shape index (κ1) is 21.1. The molecule has 1 unspecified atom stereocenters. The molecular weight excluding hydrogens is 398 g/mol. The van der Waals surface area contributed by atoms with Crippen LogP contribution in [0.2, 0.25) is 0 Å². The Balaban J connectivity index is 1.78. The van der Waals surface area contributed by atoms with Crippen molar-refractivity contribution >= 4 is 21.6 Å². The number of anilines is 1. The van der Waals surface area contributed by atoms with Gasteiger partial charge in [-0.05, 0) is 38.8 Å². The number of sulfonamides is 1. The zero-order valence-electron chi connectivity index (χ0n) is 16.9. The standard InChI is InChI=1S/C19H25N3O6S/c1-12-18(13(2)28-21-12)29(24,25)22-9-5-6-14(11-22)19(23)20-16-10-15(26-3)7-8-17(16)27-4/h7-8,10,14H,5-6,9,11H2,1-4H3,(H,20,23). The van der Waals surface area contributed by atoms with E-state index >= 15 is 0 Å². The van der Waals surface area contributed by atoms with E-state index in [1.165, 1.54) is 18.5 Å². The number of carbonyl (C=O) groups is 1. The van der Waals surface area contributed by atoms with E-state index in [1.54, 1.807) is 32.0 Å². The third-order valence-electron chi connectivity index (χ3n) is 4.99. The summed E-state index contributed by atoms with van der Waals surface area (Å²) >= 11 is 0. The summed E-state index contributed by atoms with van der Waals surface area (Å²) in [4.78, 5) is 12.9. The predicted octanol–water partition coefficient (Wildman–Crippen LogP) is 2.35. The fourth-order valence-electron chi connectivity index (χ4n) is 3.49. The SMILES string of the molecule is COc1ccc(OC)c(NC(=O)C2CCCN(S(=O)(=O)c3c(C)noc3C)C2)c1. The lowest BCUT2D eigenvalue weighted by atomic mass is 9.98. The topological polar surface area (TPSA) is 111 Å². The first-order valence-electron chi connectivity index (χ1n) is 9.23. The molecule has 10 heteroatoms. The molecule has 1 atom stereocenters. The molecule has 1 aliphatic heterocycles. The zero-order chi connectivity index (χ0) is 21.2. The van der Waals surface area contributed by atoms with E-state index in [0.717, 1.165) is 0 Å². The number of methoxy groups -OCH3 is 2. The number of carbonyl (C=O) groups excluding carboxylic acids is 1. The number of benzene rings is 1. The third kappa shape index (κ3) is 4.23. The van der Waals surface area contributed by atoms with Crippen LogP contribution in [0.25, 0.3) is 0 Å². The molecule has 2 aromatic rings. The van der Waals surface area contributed by atoms with E-state index in [0.29, 0.717) is 42.3 Å². The lowest BCUT2D eigenvalue weighted by molar-refractivity contribution is -0.120. The van der Waals surface area contributed by atoms with E-state index in [1.807, 2.05) is 0 Å². The molecule has 9 nitrogen and oxygen atoms in total. The first-order chi connectivity index (χ1) is 13.8. The van der Waals surface area contributed by atoms with Gasteiger partial charge in [-0.1, -0.05) is 5.16 Å². The summed E-state index contributed by atoms with van der Waals surface area (Å²) < 4.78 is 42.9. The Morgan fingerprint density at radius 2 is 2.03 bits per heavy atom. The summed E-state index contributed by atoms with van der Waals surface area (Å²) in [5, 5.41) is 6.58. The number of aryl methyl sites for hydroxylation is 2. The highest BCUT2D eigenvalue weighted by Gasteiger charge is 2.36.